The van der Waals surface area contributed by atoms with Crippen LogP contribution in [-0.4, -0.2) is 9.78 Å². The molecule has 3 heteroatoms. The second kappa shape index (κ2) is 2.52. The third-order valence-electron chi connectivity index (χ3n) is 1.34. The molecule has 0 aliphatic heterocycles. The lowest BCUT2D eigenvalue weighted by molar-refractivity contribution is 0.739. The van der Waals surface area contributed by atoms with Crippen LogP contribution in [0.25, 0.3) is 0 Å². The largest absolute Gasteiger partial charge is 0.273 e. The summed E-state index contributed by atoms with van der Waals surface area (Å²) in [6.07, 6.45) is 1.53. The lowest BCUT2D eigenvalue weighted by atomic mass is 10.3. The average molecular weight is 191 g/mol. The van der Waals surface area contributed by atoms with Gasteiger partial charge in [0.2, 0.25) is 0 Å². The first kappa shape index (κ1) is 4.50. The summed E-state index contributed by atoms with van der Waals surface area (Å²) < 4.78 is 16.4. The number of halogens is 1. The van der Waals surface area contributed by atoms with Gasteiger partial charge in [-0.1, -0.05) is 15.9 Å². The maximum absolute atomic E-state index is 7.36. The van der Waals surface area contributed by atoms with E-state index in [1.165, 1.54) is 6.20 Å². The van der Waals surface area contributed by atoms with Crippen LogP contribution in [0.15, 0.2) is 6.20 Å². The third-order valence-corrected chi connectivity index (χ3v) is 1.76. The Bertz CT molecular complexity index is 264. The minimum atomic E-state index is -1.47. The zero-order valence-corrected chi connectivity index (χ0v) is 6.94. The number of nitrogens with zero attached hydrogens (tertiary/aromatic N) is 2. The van der Waals surface area contributed by atoms with Gasteiger partial charge in [0.15, 0.2) is 0 Å². The van der Waals surface area contributed by atoms with Crippen molar-refractivity contribution in [1.82, 2.24) is 9.78 Å². The molecular formula is C6H9BrN2. The van der Waals surface area contributed by atoms with Crippen molar-refractivity contribution in [2.45, 2.75) is 12.2 Å². The third kappa shape index (κ3) is 1.15. The lowest BCUT2D eigenvalue weighted by Crippen LogP contribution is -1.92. The molecule has 0 amide bonds. The maximum atomic E-state index is 7.36. The minimum Gasteiger partial charge on any atom is -0.273 e. The van der Waals surface area contributed by atoms with Crippen LogP contribution < -0.4 is 0 Å². The normalized spacial score (nSPS) is 15.0. The van der Waals surface area contributed by atoms with Crippen LogP contribution in [0.4, 0.5) is 0 Å². The van der Waals surface area contributed by atoms with E-state index in [9.17, 15) is 0 Å². The van der Waals surface area contributed by atoms with Gasteiger partial charge in [0.05, 0.1) is 6.20 Å². The second-order valence-corrected chi connectivity index (χ2v) is 2.26. The van der Waals surface area contributed by atoms with Crippen molar-refractivity contribution in [1.29, 1.82) is 0 Å². The van der Waals surface area contributed by atoms with Crippen LogP contribution in [0.1, 0.15) is 14.0 Å². The maximum Gasteiger partial charge on any atom is 0.0532 e. The minimum absolute atomic E-state index is 0.583. The van der Waals surface area contributed by atoms with E-state index in [-0.39, 0.29) is 0 Å². The molecule has 0 spiro atoms. The molecule has 50 valence electrons. The standard InChI is InChI=1S/C6H9BrN2/c1-5-6(3-7)4-8-9(5)2/h4H,3H2,1-2H3/i3D2. The Hall–Kier alpha value is -0.310. The molecule has 2 nitrogen and oxygen atoms in total. The fourth-order valence-electron chi connectivity index (χ4n) is 0.591. The van der Waals surface area contributed by atoms with Gasteiger partial charge in [0.1, 0.15) is 0 Å². The Balaban J connectivity index is 3.15. The molecule has 0 aromatic carbocycles. The van der Waals surface area contributed by atoms with E-state index in [1.807, 2.05) is 6.92 Å². The van der Waals surface area contributed by atoms with Crippen molar-refractivity contribution in [3.05, 3.63) is 17.5 Å². The summed E-state index contributed by atoms with van der Waals surface area (Å²) in [4.78, 5) is 0. The molecule has 0 fully saturated rings. The predicted molar refractivity (Wildman–Crippen MR) is 40.6 cm³/mol. The fourth-order valence-corrected chi connectivity index (χ4v) is 0.981. The summed E-state index contributed by atoms with van der Waals surface area (Å²) in [6.45, 7) is 1.83. The van der Waals surface area contributed by atoms with E-state index in [4.69, 9.17) is 2.74 Å². The first-order chi connectivity index (χ1) is 4.93. The van der Waals surface area contributed by atoms with Gasteiger partial charge >= 0.3 is 0 Å². The molecule has 0 unspecified atom stereocenters. The number of aryl methyl sites for hydroxylation is 1. The van der Waals surface area contributed by atoms with E-state index in [0.717, 1.165) is 5.69 Å². The van der Waals surface area contributed by atoms with Gasteiger partial charge in [0.25, 0.3) is 0 Å². The first-order valence-corrected chi connectivity index (χ1v) is 3.40. The van der Waals surface area contributed by atoms with Crippen molar-refractivity contribution in [3.63, 3.8) is 0 Å². The van der Waals surface area contributed by atoms with Crippen LogP contribution in [0, 0.1) is 6.92 Å². The van der Waals surface area contributed by atoms with Crippen molar-refractivity contribution in [2.75, 3.05) is 0 Å². The molecular weight excluding hydrogens is 180 g/mol. The van der Waals surface area contributed by atoms with Gasteiger partial charge in [-0.05, 0) is 6.92 Å². The van der Waals surface area contributed by atoms with Crippen LogP contribution in [0.5, 0.6) is 0 Å². The molecule has 0 aliphatic rings. The highest BCUT2D eigenvalue weighted by Gasteiger charge is 1.98. The topological polar surface area (TPSA) is 17.8 Å². The van der Waals surface area contributed by atoms with Crippen LogP contribution in [0.2, 0.25) is 0 Å². The zero-order valence-electron chi connectivity index (χ0n) is 7.35. The van der Waals surface area contributed by atoms with Crippen molar-refractivity contribution in [3.8, 4) is 0 Å². The quantitative estimate of drug-likeness (QED) is 0.616. The Morgan fingerprint density at radius 1 is 2.00 bits per heavy atom. The molecule has 0 saturated heterocycles. The highest BCUT2D eigenvalue weighted by Crippen LogP contribution is 2.08. The van der Waals surface area contributed by atoms with Gasteiger partial charge in [0, 0.05) is 26.3 Å². The number of hydrogen-bond acceptors (Lipinski definition) is 1. The lowest BCUT2D eigenvalue weighted by Gasteiger charge is -1.93. The Morgan fingerprint density at radius 2 is 2.67 bits per heavy atom. The molecule has 0 radical (unpaired) electrons. The summed E-state index contributed by atoms with van der Waals surface area (Å²) >= 11 is 2.93. The molecule has 1 rings (SSSR count). The second-order valence-electron chi connectivity index (χ2n) is 1.86. The van der Waals surface area contributed by atoms with E-state index >= 15 is 0 Å². The first-order valence-electron chi connectivity index (χ1n) is 3.61. The van der Waals surface area contributed by atoms with Gasteiger partial charge in [-0.15, -0.1) is 0 Å². The molecule has 9 heavy (non-hydrogen) atoms. The summed E-state index contributed by atoms with van der Waals surface area (Å²) in [5, 5.41) is 2.46. The number of hydrogen-bond donors (Lipinski definition) is 0. The van der Waals surface area contributed by atoms with Crippen LogP contribution in [0.3, 0.4) is 0 Å². The van der Waals surface area contributed by atoms with Crippen molar-refractivity contribution in [2.24, 2.45) is 7.05 Å². The Morgan fingerprint density at radius 3 is 2.89 bits per heavy atom. The summed E-state index contributed by atoms with van der Waals surface area (Å²) in [5.74, 6) is 0. The van der Waals surface area contributed by atoms with Crippen LogP contribution in [-0.2, 0) is 12.3 Å². The molecule has 0 saturated carbocycles. The highest BCUT2D eigenvalue weighted by molar-refractivity contribution is 9.08. The molecule has 1 aromatic rings. The summed E-state index contributed by atoms with van der Waals surface area (Å²) in [6, 6.07) is 0. The number of alkyl halides is 1. The molecule has 0 atom stereocenters. The molecule has 0 N–H and O–H groups in total. The Labute approximate surface area is 65.8 Å². The molecule has 0 aliphatic carbocycles. The van der Waals surface area contributed by atoms with Gasteiger partial charge in [-0.2, -0.15) is 5.10 Å². The SMILES string of the molecule is [2H]C([2H])(Br)c1cnn(C)c1C. The summed E-state index contributed by atoms with van der Waals surface area (Å²) in [5.41, 5.74) is 1.42. The summed E-state index contributed by atoms with van der Waals surface area (Å²) in [7, 11) is 1.79. The van der Waals surface area contributed by atoms with Crippen LogP contribution >= 0.6 is 15.9 Å². The van der Waals surface area contributed by atoms with E-state index < -0.39 is 5.28 Å². The van der Waals surface area contributed by atoms with E-state index in [1.54, 1.807) is 11.7 Å². The monoisotopic (exact) mass is 190 g/mol. The van der Waals surface area contributed by atoms with Gasteiger partial charge < -0.3 is 0 Å². The smallest absolute Gasteiger partial charge is 0.0532 e. The van der Waals surface area contributed by atoms with Gasteiger partial charge in [-0.3, -0.25) is 4.68 Å². The van der Waals surface area contributed by atoms with Crippen molar-refractivity contribution >= 4 is 15.9 Å². The van der Waals surface area contributed by atoms with E-state index in [0.29, 0.717) is 5.56 Å². The average Bonchev–Trinajstić information content (AvgIpc) is 2.11. The predicted octanol–water partition coefficient (Wildman–Crippen LogP) is 1.62. The number of rotatable bonds is 1. The van der Waals surface area contributed by atoms with Crippen molar-refractivity contribution < 1.29 is 2.74 Å². The van der Waals surface area contributed by atoms with E-state index in [2.05, 4.69) is 21.0 Å². The fraction of sp³-hybridized carbons (Fsp3) is 0.500. The Kier molecular flexibility index (Phi) is 1.26. The molecule has 0 bridgehead atoms. The highest BCUT2D eigenvalue weighted by atomic mass is 79.9. The number of aromatic nitrogens is 2. The molecule has 1 heterocycles. The van der Waals surface area contributed by atoms with Gasteiger partial charge in [-0.25, -0.2) is 0 Å². The molecule has 1 aromatic heterocycles. The zero-order chi connectivity index (χ0) is 8.65.